The number of rotatable bonds is 16. The highest BCUT2D eigenvalue weighted by atomic mass is 19.4. The van der Waals surface area contributed by atoms with E-state index in [1.807, 2.05) is 12.1 Å². The van der Waals surface area contributed by atoms with E-state index in [0.29, 0.717) is 79.2 Å². The van der Waals surface area contributed by atoms with Crippen molar-refractivity contribution in [3.8, 4) is 11.8 Å². The number of hydrogen-bond acceptors (Lipinski definition) is 12. The van der Waals surface area contributed by atoms with E-state index in [2.05, 4.69) is 55.9 Å². The highest BCUT2D eigenvalue weighted by Gasteiger charge is 2.33. The van der Waals surface area contributed by atoms with Crippen LogP contribution in [0.3, 0.4) is 0 Å². The van der Waals surface area contributed by atoms with Crippen molar-refractivity contribution >= 4 is 34.6 Å². The summed E-state index contributed by atoms with van der Waals surface area (Å²) < 4.78 is 52.6. The van der Waals surface area contributed by atoms with Gasteiger partial charge in [0.1, 0.15) is 11.6 Å². The zero-order chi connectivity index (χ0) is 45.5. The topological polar surface area (TPSA) is 143 Å². The third kappa shape index (κ3) is 12.5. The number of likely N-dealkylation sites (tertiary alicyclic amines) is 2. The number of halogens is 3. The average molecular weight is 897 g/mol. The molecule has 15 heteroatoms. The summed E-state index contributed by atoms with van der Waals surface area (Å²) >= 11 is 0. The summed E-state index contributed by atoms with van der Waals surface area (Å²) in [6, 6.07) is 16.7. The van der Waals surface area contributed by atoms with Crippen LogP contribution >= 0.6 is 0 Å². The maximum Gasteiger partial charge on any atom is 0.416 e. The molecule has 0 bridgehead atoms. The number of Topliss-reactive ketones (excluding diaryl/α,β-unsaturated/α-hetero) is 2. The Kier molecular flexibility index (Phi) is 14.8. The summed E-state index contributed by atoms with van der Waals surface area (Å²) in [7, 11) is 0. The zero-order valence-electron chi connectivity index (χ0n) is 37.6. The molecule has 6 heterocycles. The van der Waals surface area contributed by atoms with Gasteiger partial charge in [0, 0.05) is 62.3 Å². The number of nitrogens with zero attached hydrogens (tertiary/aromatic N) is 6. The van der Waals surface area contributed by atoms with Crippen molar-refractivity contribution in [3.05, 3.63) is 93.5 Å². The van der Waals surface area contributed by atoms with Crippen molar-refractivity contribution in [1.29, 1.82) is 0 Å². The molecule has 12 nitrogen and oxygen atoms in total. The second-order valence-corrected chi connectivity index (χ2v) is 18.4. The van der Waals surface area contributed by atoms with Crippen LogP contribution < -0.4 is 30.7 Å². The molecule has 9 rings (SSSR count). The lowest BCUT2D eigenvalue weighted by atomic mass is 9.99. The van der Waals surface area contributed by atoms with Gasteiger partial charge in [0.25, 0.3) is 0 Å². The van der Waals surface area contributed by atoms with Crippen molar-refractivity contribution in [2.24, 2.45) is 5.92 Å². The maximum atomic E-state index is 13.7. The lowest BCUT2D eigenvalue weighted by Crippen LogP contribution is -2.36. The van der Waals surface area contributed by atoms with Gasteiger partial charge in [-0.2, -0.15) is 23.1 Å². The molecule has 1 saturated carbocycles. The Bertz CT molecular complexity index is 2310. The third-order valence-electron chi connectivity index (χ3n) is 12.9. The molecule has 4 aromatic rings. The first kappa shape index (κ1) is 46.1. The van der Waals surface area contributed by atoms with Gasteiger partial charge in [-0.25, -0.2) is 0 Å². The minimum Gasteiger partial charge on any atom is -0.478 e. The second-order valence-electron chi connectivity index (χ2n) is 18.4. The van der Waals surface area contributed by atoms with Crippen molar-refractivity contribution in [3.63, 3.8) is 0 Å². The predicted molar refractivity (Wildman–Crippen MR) is 247 cm³/mol. The summed E-state index contributed by atoms with van der Waals surface area (Å²) in [4.78, 5) is 42.2. The SMILES string of the molecule is CCCCOc1cc2c(c(N)n1)CC(=O)CN2Cc1cc(CN2CCCC2)cc(C(F)(F)F)c1.Nc1nc(OCCC2CC2)cc2c1CC(=O)CN2Cc1cccc(CN2CCCC2)c1. The molecule has 0 radical (unpaired) electrons. The Morgan fingerprint density at radius 2 is 1.14 bits per heavy atom. The molecule has 1 aliphatic carbocycles. The van der Waals surface area contributed by atoms with Gasteiger partial charge < -0.3 is 30.7 Å². The van der Waals surface area contributed by atoms with E-state index >= 15 is 0 Å². The van der Waals surface area contributed by atoms with Gasteiger partial charge in [0.2, 0.25) is 11.8 Å². The number of carbonyl (C=O) groups is 2. The number of ether oxygens (including phenoxy) is 2. The molecular weight excluding hydrogens is 834 g/mol. The number of hydrogen-bond donors (Lipinski definition) is 2. The molecule has 0 atom stereocenters. The largest absolute Gasteiger partial charge is 0.478 e. The Morgan fingerprint density at radius 3 is 1.66 bits per heavy atom. The van der Waals surface area contributed by atoms with E-state index in [1.165, 1.54) is 62.0 Å². The van der Waals surface area contributed by atoms with E-state index in [-0.39, 0.29) is 36.9 Å². The first-order valence-electron chi connectivity index (χ1n) is 23.5. The lowest BCUT2D eigenvalue weighted by Gasteiger charge is -2.31. The van der Waals surface area contributed by atoms with Crippen LogP contribution in [0.2, 0.25) is 0 Å². The van der Waals surface area contributed by atoms with Crippen LogP contribution in [0.1, 0.15) is 104 Å². The van der Waals surface area contributed by atoms with Crippen LogP contribution in [0.4, 0.5) is 36.2 Å². The molecule has 4 aliphatic heterocycles. The number of alkyl halides is 3. The van der Waals surface area contributed by atoms with Gasteiger partial charge in [-0.15, -0.1) is 0 Å². The fourth-order valence-corrected chi connectivity index (χ4v) is 9.40. The Balaban J connectivity index is 0.000000178. The highest BCUT2D eigenvalue weighted by Crippen LogP contribution is 2.37. The van der Waals surface area contributed by atoms with E-state index < -0.39 is 11.7 Å². The van der Waals surface area contributed by atoms with Crippen LogP contribution in [-0.2, 0) is 54.8 Å². The number of aromatic nitrogens is 2. The van der Waals surface area contributed by atoms with Gasteiger partial charge >= 0.3 is 6.18 Å². The molecule has 0 spiro atoms. The van der Waals surface area contributed by atoms with Crippen LogP contribution in [0, 0.1) is 5.92 Å². The molecule has 0 amide bonds. The van der Waals surface area contributed by atoms with Crippen molar-refractivity contribution < 1.29 is 32.2 Å². The van der Waals surface area contributed by atoms with Crippen LogP contribution in [0.15, 0.2) is 54.6 Å². The molecule has 5 aliphatic rings. The standard InChI is InChI=1S/C25H31F3N4O2.C25H32N4O2/c1-2-3-8-34-23-13-22-21(24(29)30-23)12-20(33)16-32(22)15-18-9-17(14-31-6-4-5-7-31)10-19(11-18)25(26,27)28;26-25-22-13-21(30)17-29(23(22)14-24(27-25)31-11-8-18-6-7-18)16-20-5-3-4-19(12-20)15-28-9-1-2-10-28/h9-11,13H,2-8,12,14-16H2,1H3,(H2,29,30);3-5,12,14,18H,1-2,6-11,13,15-17H2,(H2,26,27). The average Bonchev–Trinajstić information content (AvgIpc) is 3.66. The predicted octanol–water partition coefficient (Wildman–Crippen LogP) is 8.16. The fourth-order valence-electron chi connectivity index (χ4n) is 9.40. The van der Waals surface area contributed by atoms with Crippen LogP contribution in [-0.4, -0.2) is 83.8 Å². The van der Waals surface area contributed by atoms with Gasteiger partial charge in [-0.1, -0.05) is 56.5 Å². The summed E-state index contributed by atoms with van der Waals surface area (Å²) in [5, 5.41) is 0. The van der Waals surface area contributed by atoms with E-state index in [4.69, 9.17) is 20.9 Å². The number of anilines is 4. The molecule has 3 fully saturated rings. The lowest BCUT2D eigenvalue weighted by molar-refractivity contribution is -0.137. The second kappa shape index (κ2) is 20.8. The van der Waals surface area contributed by atoms with Gasteiger partial charge in [0.05, 0.1) is 43.2 Å². The summed E-state index contributed by atoms with van der Waals surface area (Å²) in [5.74, 6) is 2.51. The van der Waals surface area contributed by atoms with E-state index in [0.717, 1.165) is 68.9 Å². The number of benzene rings is 2. The fraction of sp³-hybridized carbons (Fsp3) is 0.520. The Hall–Kier alpha value is -5.41. The number of pyridine rings is 2. The monoisotopic (exact) mass is 896 g/mol. The number of unbranched alkanes of at least 4 members (excludes halogenated alkanes) is 1. The highest BCUT2D eigenvalue weighted by molar-refractivity contribution is 5.93. The van der Waals surface area contributed by atoms with Crippen LogP contribution in [0.25, 0.3) is 0 Å². The first-order chi connectivity index (χ1) is 31.4. The summed E-state index contributed by atoms with van der Waals surface area (Å²) in [5.41, 5.74) is 18.5. The molecule has 65 heavy (non-hydrogen) atoms. The molecular formula is C50H63F3N8O4. The molecule has 0 unspecified atom stereocenters. The molecule has 348 valence electrons. The Labute approximate surface area is 380 Å². The molecule has 4 N–H and O–H groups in total. The number of carbonyl (C=O) groups excluding carboxylic acids is 2. The van der Waals surface area contributed by atoms with Crippen molar-refractivity contribution in [2.75, 3.05) is 73.7 Å². The Morgan fingerprint density at radius 1 is 0.662 bits per heavy atom. The van der Waals surface area contributed by atoms with Crippen molar-refractivity contribution in [2.45, 2.75) is 110 Å². The van der Waals surface area contributed by atoms with Gasteiger partial charge in [-0.05, 0) is 105 Å². The summed E-state index contributed by atoms with van der Waals surface area (Å²) in [6.07, 6.45) is 6.33. The normalized spacial score (nSPS) is 17.8. The van der Waals surface area contributed by atoms with E-state index in [1.54, 1.807) is 11.0 Å². The molecule has 2 saturated heterocycles. The van der Waals surface area contributed by atoms with E-state index in [9.17, 15) is 22.8 Å². The number of fused-ring (bicyclic) bond motifs is 2. The quantitative estimate of drug-likeness (QED) is 0.105. The minimum atomic E-state index is -4.44. The smallest absolute Gasteiger partial charge is 0.416 e. The maximum absolute atomic E-state index is 13.7. The van der Waals surface area contributed by atoms with Gasteiger partial charge in [-0.3, -0.25) is 19.4 Å². The van der Waals surface area contributed by atoms with Gasteiger partial charge in [0.15, 0.2) is 11.6 Å². The summed E-state index contributed by atoms with van der Waals surface area (Å²) in [6.45, 7) is 10.2. The first-order valence-corrected chi connectivity index (χ1v) is 23.5. The number of nitrogen functional groups attached to an aromatic ring is 2. The molecule has 2 aromatic heterocycles. The van der Waals surface area contributed by atoms with Crippen molar-refractivity contribution in [1.82, 2.24) is 19.8 Å². The van der Waals surface area contributed by atoms with Crippen LogP contribution in [0.5, 0.6) is 11.8 Å². The number of ketones is 2. The molecule has 2 aromatic carbocycles. The zero-order valence-corrected chi connectivity index (χ0v) is 37.6. The minimum absolute atomic E-state index is 0.0510. The number of nitrogens with two attached hydrogens (primary N) is 2. The third-order valence-corrected chi connectivity index (χ3v) is 12.9.